The van der Waals surface area contributed by atoms with Crippen molar-refractivity contribution in [3.8, 4) is 0 Å². The molecule has 2 aliphatic rings. The van der Waals surface area contributed by atoms with Gasteiger partial charge in [0.25, 0.3) is 0 Å². The molecule has 134 valence electrons. The zero-order valence-electron chi connectivity index (χ0n) is 14.4. The van der Waals surface area contributed by atoms with Crippen molar-refractivity contribution in [1.29, 1.82) is 0 Å². The Morgan fingerprint density at radius 2 is 1.29 bits per heavy atom. The molecule has 0 aromatic heterocycles. The van der Waals surface area contributed by atoms with Crippen LogP contribution in [0.1, 0.15) is 69.8 Å². The summed E-state index contributed by atoms with van der Waals surface area (Å²) >= 11 is 0. The van der Waals surface area contributed by atoms with E-state index in [1.54, 1.807) is 0 Å². The van der Waals surface area contributed by atoms with E-state index in [9.17, 15) is 4.57 Å². The summed E-state index contributed by atoms with van der Waals surface area (Å²) in [7, 11) is -3.52. The van der Waals surface area contributed by atoms with Gasteiger partial charge >= 0.3 is 7.82 Å². The van der Waals surface area contributed by atoms with Crippen molar-refractivity contribution in [2.75, 3.05) is 0 Å². The van der Waals surface area contributed by atoms with E-state index in [1.807, 2.05) is 30.3 Å². The van der Waals surface area contributed by atoms with Gasteiger partial charge in [-0.15, -0.1) is 0 Å². The molecule has 0 bridgehead atoms. The second-order valence-corrected chi connectivity index (χ2v) is 8.51. The highest BCUT2D eigenvalue weighted by molar-refractivity contribution is 7.48. The van der Waals surface area contributed by atoms with Crippen LogP contribution in [0, 0.1) is 0 Å². The van der Waals surface area contributed by atoms with Crippen molar-refractivity contribution in [3.05, 3.63) is 35.9 Å². The molecule has 24 heavy (non-hydrogen) atoms. The lowest BCUT2D eigenvalue weighted by Gasteiger charge is -2.30. The van der Waals surface area contributed by atoms with Crippen molar-refractivity contribution in [1.82, 2.24) is 0 Å². The Kier molecular flexibility index (Phi) is 6.91. The summed E-state index contributed by atoms with van der Waals surface area (Å²) in [5.41, 5.74) is 0.984. The fraction of sp³-hybridized carbons (Fsp3) is 0.684. The number of rotatable bonds is 7. The van der Waals surface area contributed by atoms with Gasteiger partial charge in [-0.05, 0) is 31.2 Å². The lowest BCUT2D eigenvalue weighted by Crippen LogP contribution is -2.21. The third-order valence-electron chi connectivity index (χ3n) is 4.89. The van der Waals surface area contributed by atoms with Crippen LogP contribution in [-0.2, 0) is 24.7 Å². The average Bonchev–Trinajstić information content (AvgIpc) is 2.63. The van der Waals surface area contributed by atoms with Crippen molar-refractivity contribution in [3.63, 3.8) is 0 Å². The minimum absolute atomic E-state index is 0.00365. The van der Waals surface area contributed by atoms with Gasteiger partial charge < -0.3 is 0 Å². The minimum atomic E-state index is -3.52. The van der Waals surface area contributed by atoms with Crippen molar-refractivity contribution < 1.29 is 18.1 Å². The van der Waals surface area contributed by atoms with E-state index in [2.05, 4.69) is 0 Å². The third kappa shape index (κ3) is 5.70. The Morgan fingerprint density at radius 3 is 1.79 bits per heavy atom. The summed E-state index contributed by atoms with van der Waals surface area (Å²) in [5, 5.41) is 0. The molecule has 0 unspecified atom stereocenters. The fourth-order valence-electron chi connectivity index (χ4n) is 3.52. The predicted molar refractivity (Wildman–Crippen MR) is 94.8 cm³/mol. The topological polar surface area (TPSA) is 44.8 Å². The number of hydrogen-bond acceptors (Lipinski definition) is 4. The quantitative estimate of drug-likeness (QED) is 0.564. The average molecular weight is 352 g/mol. The summed E-state index contributed by atoms with van der Waals surface area (Å²) in [6.07, 6.45) is 10.8. The molecule has 4 nitrogen and oxygen atoms in total. The van der Waals surface area contributed by atoms with E-state index in [0.717, 1.165) is 56.9 Å². The Hall–Kier alpha value is -0.670. The molecule has 1 aromatic carbocycles. The van der Waals surface area contributed by atoms with Crippen LogP contribution in [0.25, 0.3) is 0 Å². The first-order chi connectivity index (χ1) is 11.7. The standard InChI is InChI=1S/C19H29O4P/c20-24(22-18-12-6-2-7-13-18,23-19-14-8-3-9-15-19)21-16-17-10-4-1-5-11-17/h1,4-5,10-11,18-19H,2-3,6-9,12-16H2. The normalized spacial score (nSPS) is 21.0. The van der Waals surface area contributed by atoms with E-state index in [1.165, 1.54) is 12.8 Å². The first-order valence-corrected chi connectivity index (χ1v) is 10.8. The van der Waals surface area contributed by atoms with E-state index < -0.39 is 7.82 Å². The number of phosphoric ester groups is 1. The van der Waals surface area contributed by atoms with Crippen LogP contribution in [0.5, 0.6) is 0 Å². The maximum absolute atomic E-state index is 13.3. The monoisotopic (exact) mass is 352 g/mol. The van der Waals surface area contributed by atoms with Gasteiger partial charge in [-0.25, -0.2) is 4.57 Å². The van der Waals surface area contributed by atoms with Crippen LogP contribution in [0.2, 0.25) is 0 Å². The summed E-state index contributed by atoms with van der Waals surface area (Å²) in [6, 6.07) is 9.79. The van der Waals surface area contributed by atoms with Gasteiger partial charge in [0.1, 0.15) is 0 Å². The van der Waals surface area contributed by atoms with Gasteiger partial charge in [-0.2, -0.15) is 0 Å². The molecule has 0 radical (unpaired) electrons. The summed E-state index contributed by atoms with van der Waals surface area (Å²) in [6.45, 7) is 0.261. The Morgan fingerprint density at radius 1 is 0.792 bits per heavy atom. The van der Waals surface area contributed by atoms with Crippen molar-refractivity contribution in [2.45, 2.75) is 83.0 Å². The molecule has 0 amide bonds. The third-order valence-corrected chi connectivity index (χ3v) is 6.45. The Bertz CT molecular complexity index is 497. The Labute approximate surface area is 145 Å². The number of benzene rings is 1. The molecule has 5 heteroatoms. The molecule has 1 aromatic rings. The molecular weight excluding hydrogens is 323 g/mol. The van der Waals surface area contributed by atoms with Crippen LogP contribution in [0.3, 0.4) is 0 Å². The molecule has 0 aliphatic heterocycles. The second-order valence-electron chi connectivity index (χ2n) is 6.94. The zero-order chi connectivity index (χ0) is 16.7. The van der Waals surface area contributed by atoms with Crippen LogP contribution >= 0.6 is 7.82 Å². The smallest absolute Gasteiger partial charge is 0.284 e. The van der Waals surface area contributed by atoms with Crippen LogP contribution < -0.4 is 0 Å². The highest BCUT2D eigenvalue weighted by atomic mass is 31.2. The van der Waals surface area contributed by atoms with Gasteiger partial charge in [0.15, 0.2) is 0 Å². The Balaban J connectivity index is 1.62. The highest BCUT2D eigenvalue weighted by Crippen LogP contribution is 2.54. The van der Waals surface area contributed by atoms with Gasteiger partial charge in [0.2, 0.25) is 0 Å². The molecule has 0 heterocycles. The zero-order valence-corrected chi connectivity index (χ0v) is 15.3. The van der Waals surface area contributed by atoms with E-state index in [0.29, 0.717) is 0 Å². The number of hydrogen-bond donors (Lipinski definition) is 0. The highest BCUT2D eigenvalue weighted by Gasteiger charge is 2.35. The van der Waals surface area contributed by atoms with Crippen molar-refractivity contribution >= 4 is 7.82 Å². The van der Waals surface area contributed by atoms with Gasteiger partial charge in [0, 0.05) is 0 Å². The first-order valence-electron chi connectivity index (χ1n) is 9.39. The van der Waals surface area contributed by atoms with Crippen LogP contribution in [0.15, 0.2) is 30.3 Å². The van der Waals surface area contributed by atoms with Crippen LogP contribution in [-0.4, -0.2) is 12.2 Å². The minimum Gasteiger partial charge on any atom is -0.284 e. The SMILES string of the molecule is O=P(OCc1ccccc1)(OC1CCCCC1)OC1CCCCC1. The van der Waals surface area contributed by atoms with Crippen LogP contribution in [0.4, 0.5) is 0 Å². The second kappa shape index (κ2) is 9.15. The summed E-state index contributed by atoms with van der Waals surface area (Å²) in [5.74, 6) is 0. The fourth-order valence-corrected chi connectivity index (χ4v) is 5.15. The largest absolute Gasteiger partial charge is 0.475 e. The summed E-state index contributed by atoms with van der Waals surface area (Å²) in [4.78, 5) is 0. The molecule has 2 fully saturated rings. The molecule has 3 rings (SSSR count). The lowest BCUT2D eigenvalue weighted by molar-refractivity contribution is 0.0275. The molecule has 0 saturated heterocycles. The molecule has 0 spiro atoms. The van der Waals surface area contributed by atoms with E-state index >= 15 is 0 Å². The predicted octanol–water partition coefficient (Wildman–Crippen LogP) is 6.01. The van der Waals surface area contributed by atoms with Gasteiger partial charge in [0.05, 0.1) is 18.8 Å². The molecule has 0 N–H and O–H groups in total. The molecular formula is C19H29O4P. The molecule has 2 aliphatic carbocycles. The molecule has 2 saturated carbocycles. The van der Waals surface area contributed by atoms with E-state index in [4.69, 9.17) is 13.6 Å². The van der Waals surface area contributed by atoms with Crippen molar-refractivity contribution in [2.24, 2.45) is 0 Å². The lowest BCUT2D eigenvalue weighted by atomic mass is 9.98. The first kappa shape index (κ1) is 18.1. The maximum Gasteiger partial charge on any atom is 0.475 e. The summed E-state index contributed by atoms with van der Waals surface area (Å²) < 4.78 is 30.8. The molecule has 0 atom stereocenters. The van der Waals surface area contributed by atoms with Gasteiger partial charge in [-0.1, -0.05) is 68.9 Å². The maximum atomic E-state index is 13.3. The van der Waals surface area contributed by atoms with E-state index in [-0.39, 0.29) is 18.8 Å². The number of phosphoric acid groups is 1. The van der Waals surface area contributed by atoms with Gasteiger partial charge in [-0.3, -0.25) is 13.6 Å².